The maximum atomic E-state index is 13.5. The second-order valence-electron chi connectivity index (χ2n) is 10.6. The minimum atomic E-state index is -0.835. The fourth-order valence-electron chi connectivity index (χ4n) is 4.77. The van der Waals surface area contributed by atoms with Crippen LogP contribution in [0.15, 0.2) is 78.4 Å². The Bertz CT molecular complexity index is 1380. The molecule has 1 amide bonds. The predicted molar refractivity (Wildman–Crippen MR) is 159 cm³/mol. The van der Waals surface area contributed by atoms with Gasteiger partial charge in [0.2, 0.25) is 0 Å². The van der Waals surface area contributed by atoms with Crippen molar-refractivity contribution in [3.05, 3.63) is 95.1 Å². The Balaban J connectivity index is 1.78. The van der Waals surface area contributed by atoms with Gasteiger partial charge in [0.1, 0.15) is 11.5 Å². The highest BCUT2D eigenvalue weighted by atomic mass is 16.5. The number of ketones is 1. The van der Waals surface area contributed by atoms with Crippen LogP contribution >= 0.6 is 0 Å². The number of nitrogens with zero attached hydrogens (tertiary/aromatic N) is 1. The van der Waals surface area contributed by atoms with Crippen LogP contribution in [-0.2, 0) is 16.1 Å². The molecule has 0 aliphatic carbocycles. The van der Waals surface area contributed by atoms with Gasteiger partial charge in [-0.2, -0.15) is 0 Å². The Labute approximate surface area is 242 Å². The van der Waals surface area contributed by atoms with Crippen LogP contribution in [0.1, 0.15) is 62.8 Å². The summed E-state index contributed by atoms with van der Waals surface area (Å²) >= 11 is 0. The van der Waals surface area contributed by atoms with Crippen molar-refractivity contribution in [2.24, 2.45) is 5.92 Å². The number of amides is 1. The van der Waals surface area contributed by atoms with Crippen LogP contribution in [0.2, 0.25) is 0 Å². The van der Waals surface area contributed by atoms with Crippen molar-refractivity contribution in [3.63, 3.8) is 0 Å². The van der Waals surface area contributed by atoms with Gasteiger partial charge in [0, 0.05) is 12.1 Å². The molecule has 3 aromatic rings. The number of rotatable bonds is 13. The zero-order chi connectivity index (χ0) is 29.4. The summed E-state index contributed by atoms with van der Waals surface area (Å²) in [6, 6.07) is 21.0. The first-order valence-electron chi connectivity index (χ1n) is 14.2. The lowest BCUT2D eigenvalue weighted by Gasteiger charge is -2.26. The number of hydrogen-bond donors (Lipinski definition) is 1. The first kappa shape index (κ1) is 29.7. The average molecular weight is 558 g/mol. The van der Waals surface area contributed by atoms with Gasteiger partial charge in [-0.1, -0.05) is 75.7 Å². The van der Waals surface area contributed by atoms with E-state index in [4.69, 9.17) is 14.2 Å². The predicted octanol–water partition coefficient (Wildman–Crippen LogP) is 6.92. The number of carbonyl (C=O) groups is 2. The third-order valence-corrected chi connectivity index (χ3v) is 7.07. The Morgan fingerprint density at radius 2 is 1.71 bits per heavy atom. The smallest absolute Gasteiger partial charge is 0.295 e. The molecule has 0 radical (unpaired) electrons. The van der Waals surface area contributed by atoms with E-state index in [0.29, 0.717) is 47.5 Å². The number of unbranched alkanes of at least 4 members (excludes halogenated alkanes) is 1. The summed E-state index contributed by atoms with van der Waals surface area (Å²) in [5.74, 6) is 0.484. The molecular formula is C34H39NO6. The Kier molecular flexibility index (Phi) is 10.1. The second kappa shape index (κ2) is 13.9. The van der Waals surface area contributed by atoms with Crippen molar-refractivity contribution >= 4 is 17.4 Å². The number of aliphatic hydroxyl groups is 1. The number of benzene rings is 3. The zero-order valence-electron chi connectivity index (χ0n) is 24.3. The molecule has 0 aromatic heterocycles. The highest BCUT2D eigenvalue weighted by molar-refractivity contribution is 6.46. The molecule has 1 aliphatic rings. The third-order valence-electron chi connectivity index (χ3n) is 7.07. The molecule has 0 saturated carbocycles. The summed E-state index contributed by atoms with van der Waals surface area (Å²) in [6.07, 6.45) is 2.79. The van der Waals surface area contributed by atoms with Gasteiger partial charge >= 0.3 is 0 Å². The SMILES string of the molecule is CCCCOc1cccc(C(O)=C2C(=O)C(=O)N(Cc3ccccc3)C2c2ccc(OCCC(C)C)c(OC)c2)c1. The van der Waals surface area contributed by atoms with Gasteiger partial charge in [0.15, 0.2) is 11.5 Å². The van der Waals surface area contributed by atoms with Gasteiger partial charge in [0.25, 0.3) is 11.7 Å². The molecular weight excluding hydrogens is 518 g/mol. The van der Waals surface area contributed by atoms with E-state index in [1.807, 2.05) is 36.4 Å². The lowest BCUT2D eigenvalue weighted by molar-refractivity contribution is -0.140. The Hall–Kier alpha value is -4.26. The van der Waals surface area contributed by atoms with Gasteiger partial charge in [-0.15, -0.1) is 0 Å². The summed E-state index contributed by atoms with van der Waals surface area (Å²) in [5, 5.41) is 11.5. The number of likely N-dealkylation sites (tertiary alicyclic amines) is 1. The lowest BCUT2D eigenvalue weighted by atomic mass is 9.94. The van der Waals surface area contributed by atoms with Gasteiger partial charge in [-0.05, 0) is 54.2 Å². The van der Waals surface area contributed by atoms with E-state index in [1.165, 1.54) is 4.90 Å². The average Bonchev–Trinajstić information content (AvgIpc) is 3.22. The minimum absolute atomic E-state index is 0.0205. The first-order chi connectivity index (χ1) is 19.8. The van der Waals surface area contributed by atoms with Crippen molar-refractivity contribution in [2.45, 2.75) is 52.6 Å². The number of hydrogen-bond acceptors (Lipinski definition) is 6. The fraction of sp³-hybridized carbons (Fsp3) is 0.353. The molecule has 1 heterocycles. The molecule has 7 nitrogen and oxygen atoms in total. The van der Waals surface area contributed by atoms with Gasteiger partial charge in [-0.25, -0.2) is 0 Å². The Morgan fingerprint density at radius 3 is 2.41 bits per heavy atom. The Morgan fingerprint density at radius 1 is 0.927 bits per heavy atom. The zero-order valence-corrected chi connectivity index (χ0v) is 24.3. The largest absolute Gasteiger partial charge is 0.507 e. The van der Waals surface area contributed by atoms with Crippen LogP contribution in [0.4, 0.5) is 0 Å². The van der Waals surface area contributed by atoms with Gasteiger partial charge in [-0.3, -0.25) is 9.59 Å². The normalized spacial score (nSPS) is 16.3. The minimum Gasteiger partial charge on any atom is -0.507 e. The number of Topliss-reactive ketones (excluding diaryl/α,β-unsaturated/α-hetero) is 1. The van der Waals surface area contributed by atoms with Crippen LogP contribution in [0, 0.1) is 5.92 Å². The molecule has 1 atom stereocenters. The summed E-state index contributed by atoms with van der Waals surface area (Å²) in [7, 11) is 1.55. The maximum Gasteiger partial charge on any atom is 0.295 e. The molecule has 41 heavy (non-hydrogen) atoms. The van der Waals surface area contributed by atoms with Crippen LogP contribution in [0.3, 0.4) is 0 Å². The molecule has 4 rings (SSSR count). The molecule has 216 valence electrons. The van der Waals surface area contributed by atoms with Crippen LogP contribution in [-0.4, -0.2) is 42.0 Å². The maximum absolute atomic E-state index is 13.5. The van der Waals surface area contributed by atoms with E-state index >= 15 is 0 Å². The monoisotopic (exact) mass is 557 g/mol. The summed E-state index contributed by atoms with van der Waals surface area (Å²) in [5.41, 5.74) is 1.92. The lowest BCUT2D eigenvalue weighted by Crippen LogP contribution is -2.29. The summed E-state index contributed by atoms with van der Waals surface area (Å²) in [6.45, 7) is 7.63. The number of aliphatic hydroxyl groups excluding tert-OH is 1. The third kappa shape index (κ3) is 7.09. The van der Waals surface area contributed by atoms with Crippen molar-refractivity contribution in [1.82, 2.24) is 4.90 Å². The molecule has 1 fully saturated rings. The summed E-state index contributed by atoms with van der Waals surface area (Å²) < 4.78 is 17.4. The van der Waals surface area contributed by atoms with E-state index in [0.717, 1.165) is 24.8 Å². The highest BCUT2D eigenvalue weighted by Crippen LogP contribution is 2.43. The van der Waals surface area contributed by atoms with Gasteiger partial charge < -0.3 is 24.2 Å². The van der Waals surface area contributed by atoms with E-state index in [-0.39, 0.29) is 17.9 Å². The molecule has 1 N–H and O–H groups in total. The number of carbonyl (C=O) groups excluding carboxylic acids is 2. The molecule has 7 heteroatoms. The van der Waals surface area contributed by atoms with E-state index in [2.05, 4.69) is 20.8 Å². The van der Waals surface area contributed by atoms with Crippen LogP contribution in [0.25, 0.3) is 5.76 Å². The fourth-order valence-corrected chi connectivity index (χ4v) is 4.77. The number of methoxy groups -OCH3 is 1. The standard InChI is InChI=1S/C34H39NO6/c1-5-6-18-40-27-14-10-13-26(20-27)32(36)30-31(35(34(38)33(30)37)22-24-11-8-7-9-12-24)25-15-16-28(29(21-25)39-4)41-19-17-23(2)3/h7-16,20-21,23,31,36H,5-6,17-19,22H2,1-4H3. The van der Waals surface area contributed by atoms with E-state index < -0.39 is 17.7 Å². The van der Waals surface area contributed by atoms with E-state index in [9.17, 15) is 14.7 Å². The van der Waals surface area contributed by atoms with Crippen LogP contribution in [0.5, 0.6) is 17.2 Å². The quantitative estimate of drug-likeness (QED) is 0.106. The van der Waals surface area contributed by atoms with Gasteiger partial charge in [0.05, 0.1) is 31.9 Å². The van der Waals surface area contributed by atoms with Crippen molar-refractivity contribution in [2.75, 3.05) is 20.3 Å². The molecule has 0 spiro atoms. The van der Waals surface area contributed by atoms with Crippen molar-refractivity contribution in [3.8, 4) is 17.2 Å². The van der Waals surface area contributed by atoms with Crippen molar-refractivity contribution in [1.29, 1.82) is 0 Å². The first-order valence-corrected chi connectivity index (χ1v) is 14.2. The summed E-state index contributed by atoms with van der Waals surface area (Å²) in [4.78, 5) is 28.5. The van der Waals surface area contributed by atoms with Crippen molar-refractivity contribution < 1.29 is 28.9 Å². The number of ether oxygens (including phenoxy) is 3. The molecule has 1 aliphatic heterocycles. The topological polar surface area (TPSA) is 85.3 Å². The van der Waals surface area contributed by atoms with E-state index in [1.54, 1.807) is 43.5 Å². The second-order valence-corrected chi connectivity index (χ2v) is 10.6. The van der Waals surface area contributed by atoms with Crippen LogP contribution < -0.4 is 14.2 Å². The molecule has 3 aromatic carbocycles. The molecule has 0 bridgehead atoms. The molecule has 1 saturated heterocycles. The highest BCUT2D eigenvalue weighted by Gasteiger charge is 2.46. The molecule has 1 unspecified atom stereocenters.